The van der Waals surface area contributed by atoms with Gasteiger partial charge in [-0.2, -0.15) is 0 Å². The topological polar surface area (TPSA) is 100 Å². The second kappa shape index (κ2) is 10.3. The average molecular weight is 510 g/mol. The van der Waals surface area contributed by atoms with Gasteiger partial charge in [-0.25, -0.2) is 4.98 Å². The largest absolute Gasteiger partial charge is 0.481 e. The summed E-state index contributed by atoms with van der Waals surface area (Å²) in [5.41, 5.74) is 5.70. The molecule has 1 unspecified atom stereocenters. The first kappa shape index (κ1) is 24.2. The molecule has 0 saturated heterocycles. The van der Waals surface area contributed by atoms with Crippen LogP contribution in [0.3, 0.4) is 0 Å². The molecule has 5 heterocycles. The molecule has 0 radical (unpaired) electrons. The Hall–Kier alpha value is -4.20. The van der Waals surface area contributed by atoms with Crippen LogP contribution in [0, 0.1) is 0 Å². The number of aromatic nitrogens is 3. The highest BCUT2D eigenvalue weighted by Crippen LogP contribution is 2.31. The number of amides is 1. The van der Waals surface area contributed by atoms with Crippen molar-refractivity contribution in [3.8, 4) is 0 Å². The highest BCUT2D eigenvalue weighted by Gasteiger charge is 2.33. The normalized spacial score (nSPS) is 15.6. The highest BCUT2D eigenvalue weighted by molar-refractivity contribution is 5.94. The number of nitrogens with one attached hydrogen (secondary N) is 1. The zero-order valence-corrected chi connectivity index (χ0v) is 21.3. The molecule has 194 valence electrons. The van der Waals surface area contributed by atoms with Crippen molar-refractivity contribution >= 4 is 28.6 Å². The molecule has 4 aromatic rings. The van der Waals surface area contributed by atoms with E-state index in [4.69, 9.17) is 4.98 Å². The van der Waals surface area contributed by atoms with E-state index in [9.17, 15) is 14.7 Å². The quantitative estimate of drug-likeness (QED) is 0.359. The summed E-state index contributed by atoms with van der Waals surface area (Å²) in [5, 5.41) is 14.0. The summed E-state index contributed by atoms with van der Waals surface area (Å²) in [6, 6.07) is 15.4. The first-order chi connectivity index (χ1) is 18.5. The van der Waals surface area contributed by atoms with Gasteiger partial charge in [0.2, 0.25) is 0 Å². The van der Waals surface area contributed by atoms with Crippen LogP contribution in [-0.2, 0) is 30.6 Å². The first-order valence-corrected chi connectivity index (χ1v) is 13.3. The Labute approximate surface area is 221 Å². The Morgan fingerprint density at radius 2 is 2.00 bits per heavy atom. The van der Waals surface area contributed by atoms with Crippen LogP contribution in [-0.4, -0.2) is 49.5 Å². The lowest BCUT2D eigenvalue weighted by molar-refractivity contribution is -0.138. The minimum atomic E-state index is -0.941. The number of carbonyl (C=O) groups excluding carboxylic acids is 1. The van der Waals surface area contributed by atoms with Gasteiger partial charge in [0, 0.05) is 43.1 Å². The maximum atomic E-state index is 13.6. The number of carboxylic acid groups (broad SMARTS) is 1. The average Bonchev–Trinajstić information content (AvgIpc) is 3.36. The van der Waals surface area contributed by atoms with Crippen molar-refractivity contribution in [2.24, 2.45) is 0 Å². The fourth-order valence-corrected chi connectivity index (χ4v) is 5.66. The standard InChI is InChI=1S/C30H31N5O3/c36-28(37)17-26(23-16-22-6-1-2-9-25(22)32-18-23)35-14-13-34-19-20(15-27(34)30(35)38)5-3-8-24-11-10-21-7-4-12-31-29(21)33-24/h1-2,6,9-11,15-16,18-19,26H,3-5,7-8,12-14,17H2,(H,31,33)(H,36,37). The van der Waals surface area contributed by atoms with Gasteiger partial charge in [0.05, 0.1) is 18.0 Å². The van der Waals surface area contributed by atoms with Gasteiger partial charge in [0.15, 0.2) is 0 Å². The fraction of sp³-hybridized carbons (Fsp3) is 0.333. The van der Waals surface area contributed by atoms with Gasteiger partial charge in [0.1, 0.15) is 11.5 Å². The van der Waals surface area contributed by atoms with Crippen LogP contribution < -0.4 is 5.32 Å². The Balaban J connectivity index is 1.17. The van der Waals surface area contributed by atoms with Crippen molar-refractivity contribution in [2.75, 3.05) is 18.4 Å². The van der Waals surface area contributed by atoms with Crippen LogP contribution in [0.4, 0.5) is 5.82 Å². The molecule has 0 aliphatic carbocycles. The van der Waals surface area contributed by atoms with Gasteiger partial charge >= 0.3 is 5.97 Å². The van der Waals surface area contributed by atoms with Crippen molar-refractivity contribution in [1.82, 2.24) is 19.4 Å². The van der Waals surface area contributed by atoms with Gasteiger partial charge in [-0.15, -0.1) is 0 Å². The third-order valence-electron chi connectivity index (χ3n) is 7.61. The second-order valence-corrected chi connectivity index (χ2v) is 10.2. The predicted molar refractivity (Wildman–Crippen MR) is 145 cm³/mol. The van der Waals surface area contributed by atoms with Crippen molar-refractivity contribution in [3.63, 3.8) is 0 Å². The van der Waals surface area contributed by atoms with Crippen molar-refractivity contribution < 1.29 is 14.7 Å². The number of carbonyl (C=O) groups is 2. The number of hydrogen-bond donors (Lipinski definition) is 2. The smallest absolute Gasteiger partial charge is 0.305 e. The van der Waals surface area contributed by atoms with E-state index in [1.807, 2.05) is 41.0 Å². The third-order valence-corrected chi connectivity index (χ3v) is 7.61. The maximum Gasteiger partial charge on any atom is 0.305 e. The van der Waals surface area contributed by atoms with E-state index in [1.165, 1.54) is 5.56 Å². The lowest BCUT2D eigenvalue weighted by Gasteiger charge is -2.35. The molecular weight excluding hydrogens is 478 g/mol. The molecule has 0 bridgehead atoms. The monoisotopic (exact) mass is 509 g/mol. The van der Waals surface area contributed by atoms with Gasteiger partial charge in [-0.05, 0) is 73.1 Å². The van der Waals surface area contributed by atoms with Crippen molar-refractivity contribution in [3.05, 3.63) is 89.0 Å². The number of aliphatic carboxylic acids is 1. The maximum absolute atomic E-state index is 13.6. The molecule has 0 spiro atoms. The molecule has 3 aromatic heterocycles. The third kappa shape index (κ3) is 4.86. The van der Waals surface area contributed by atoms with E-state index in [-0.39, 0.29) is 12.3 Å². The van der Waals surface area contributed by atoms with Crippen LogP contribution in [0.5, 0.6) is 0 Å². The number of aryl methyl sites for hydroxylation is 3. The second-order valence-electron chi connectivity index (χ2n) is 10.2. The summed E-state index contributed by atoms with van der Waals surface area (Å²) in [7, 11) is 0. The lowest BCUT2D eigenvalue weighted by Crippen LogP contribution is -2.43. The zero-order valence-electron chi connectivity index (χ0n) is 21.3. The Morgan fingerprint density at radius 3 is 2.89 bits per heavy atom. The van der Waals surface area contributed by atoms with Crippen LogP contribution >= 0.6 is 0 Å². The molecule has 0 fully saturated rings. The fourth-order valence-electron chi connectivity index (χ4n) is 5.66. The van der Waals surface area contributed by atoms with Gasteiger partial charge in [-0.3, -0.25) is 14.6 Å². The van der Waals surface area contributed by atoms with E-state index >= 15 is 0 Å². The SMILES string of the molecule is O=C(O)CC(c1cnc2ccccc2c1)N1CCn2cc(CCCc3ccc4c(n3)NCCC4)cc2C1=O. The van der Waals surface area contributed by atoms with Crippen LogP contribution in [0.15, 0.2) is 60.9 Å². The van der Waals surface area contributed by atoms with Crippen LogP contribution in [0.2, 0.25) is 0 Å². The van der Waals surface area contributed by atoms with Crippen molar-refractivity contribution in [2.45, 2.75) is 51.1 Å². The van der Waals surface area contributed by atoms with E-state index in [1.54, 1.807) is 11.1 Å². The lowest BCUT2D eigenvalue weighted by atomic mass is 10.0. The summed E-state index contributed by atoms with van der Waals surface area (Å²) in [5.74, 6) is -0.0516. The Bertz CT molecular complexity index is 1510. The number of hydrogen-bond acceptors (Lipinski definition) is 5. The molecule has 1 atom stereocenters. The van der Waals surface area contributed by atoms with E-state index in [0.29, 0.717) is 18.8 Å². The molecule has 8 heteroatoms. The molecule has 2 aliphatic heterocycles. The molecule has 2 aliphatic rings. The molecule has 6 rings (SSSR count). The number of benzene rings is 1. The summed E-state index contributed by atoms with van der Waals surface area (Å²) in [6.07, 6.45) is 8.52. The van der Waals surface area contributed by atoms with Gasteiger partial charge in [-0.1, -0.05) is 24.3 Å². The van der Waals surface area contributed by atoms with E-state index in [2.05, 4.69) is 28.6 Å². The predicted octanol–water partition coefficient (Wildman–Crippen LogP) is 4.64. The Kier molecular flexibility index (Phi) is 6.54. The molecule has 2 N–H and O–H groups in total. The summed E-state index contributed by atoms with van der Waals surface area (Å²) >= 11 is 0. The number of rotatable bonds is 8. The van der Waals surface area contributed by atoms with E-state index in [0.717, 1.165) is 72.2 Å². The van der Waals surface area contributed by atoms with Gasteiger partial charge < -0.3 is 19.9 Å². The summed E-state index contributed by atoms with van der Waals surface area (Å²) in [6.45, 7) is 2.07. The molecule has 38 heavy (non-hydrogen) atoms. The van der Waals surface area contributed by atoms with E-state index < -0.39 is 12.0 Å². The molecule has 8 nitrogen and oxygen atoms in total. The number of nitrogens with zero attached hydrogens (tertiary/aromatic N) is 4. The number of carboxylic acids is 1. The molecular formula is C30H31N5O3. The number of pyridine rings is 2. The molecule has 1 amide bonds. The number of para-hydroxylation sites is 1. The summed E-state index contributed by atoms with van der Waals surface area (Å²) in [4.78, 5) is 36.4. The number of anilines is 1. The molecule has 0 saturated carbocycles. The minimum Gasteiger partial charge on any atom is -0.481 e. The summed E-state index contributed by atoms with van der Waals surface area (Å²) < 4.78 is 2.01. The van der Waals surface area contributed by atoms with Crippen molar-refractivity contribution in [1.29, 1.82) is 0 Å². The number of fused-ring (bicyclic) bond motifs is 3. The minimum absolute atomic E-state index is 0.135. The first-order valence-electron chi connectivity index (χ1n) is 13.3. The molecule has 1 aromatic carbocycles. The zero-order chi connectivity index (χ0) is 26.1. The highest BCUT2D eigenvalue weighted by atomic mass is 16.4. The van der Waals surface area contributed by atoms with Gasteiger partial charge in [0.25, 0.3) is 5.91 Å². The van der Waals surface area contributed by atoms with Crippen LogP contribution in [0.1, 0.15) is 58.2 Å². The Morgan fingerprint density at radius 1 is 1.11 bits per heavy atom. The van der Waals surface area contributed by atoms with Crippen LogP contribution in [0.25, 0.3) is 10.9 Å².